The van der Waals surface area contributed by atoms with Crippen LogP contribution in [-0.2, 0) is 36.9 Å². The lowest BCUT2D eigenvalue weighted by Crippen LogP contribution is -2.55. The zero-order valence-corrected chi connectivity index (χ0v) is 32.6. The number of ether oxygens (including phenoxy) is 8. The lowest BCUT2D eigenvalue weighted by Gasteiger charge is -2.44. The van der Waals surface area contributed by atoms with Gasteiger partial charge in [-0.05, 0) is 79.7 Å². The van der Waals surface area contributed by atoms with Crippen LogP contribution in [0.2, 0.25) is 0 Å². The molecule has 1 aliphatic rings. The highest BCUT2D eigenvalue weighted by atomic mass is 19.1. The minimum Gasteiger partial charge on any atom is -0.496 e. The highest BCUT2D eigenvalue weighted by Gasteiger charge is 2.42. The normalized spacial score (nSPS) is 17.9. The largest absolute Gasteiger partial charge is 0.496 e. The molecular formula is C43H54FNO10. The van der Waals surface area contributed by atoms with E-state index in [1.54, 1.807) is 25.2 Å². The monoisotopic (exact) mass is 763 g/mol. The molecule has 298 valence electrons. The standard InChI is InChI=1S/C43H54FNO10/c1-43(2,3)55-42(47)45-23-39(53-25-29-20-31-10-7-8-11-36(31)38(21-29)50-6)41(40(24-45)54-28-34(46)27-48-4)30-12-15-35(16-13-30)52-19-9-18-51-26-32-22-33(44)14-17-37(32)49-5/h7-8,10-17,20-22,34,39-41,46H,9,18-19,23-28H2,1-6H3/t34-,39+,40-,41-/m1/s1. The van der Waals surface area contributed by atoms with Crippen molar-refractivity contribution in [1.82, 2.24) is 4.90 Å². The highest BCUT2D eigenvalue weighted by molar-refractivity contribution is 5.89. The number of amides is 1. The summed E-state index contributed by atoms with van der Waals surface area (Å²) in [4.78, 5) is 15.1. The van der Waals surface area contributed by atoms with Gasteiger partial charge < -0.3 is 47.9 Å². The summed E-state index contributed by atoms with van der Waals surface area (Å²) in [5, 5.41) is 12.6. The first-order valence-electron chi connectivity index (χ1n) is 18.5. The third-order valence-electron chi connectivity index (χ3n) is 9.15. The molecule has 1 fully saturated rings. The van der Waals surface area contributed by atoms with E-state index in [9.17, 15) is 14.3 Å². The summed E-state index contributed by atoms with van der Waals surface area (Å²) < 4.78 is 60.5. The summed E-state index contributed by atoms with van der Waals surface area (Å²) in [5.74, 6) is 1.33. The van der Waals surface area contributed by atoms with Gasteiger partial charge in [0.25, 0.3) is 0 Å². The number of nitrogens with zero attached hydrogens (tertiary/aromatic N) is 1. The van der Waals surface area contributed by atoms with Crippen molar-refractivity contribution in [3.8, 4) is 17.2 Å². The van der Waals surface area contributed by atoms with Gasteiger partial charge in [0.1, 0.15) is 34.8 Å². The van der Waals surface area contributed by atoms with Crippen LogP contribution in [0.5, 0.6) is 17.2 Å². The van der Waals surface area contributed by atoms with E-state index < -0.39 is 30.0 Å². The maximum atomic E-state index is 13.7. The van der Waals surface area contributed by atoms with Gasteiger partial charge in [-0.2, -0.15) is 0 Å². The number of likely N-dealkylation sites (tertiary alicyclic amines) is 1. The van der Waals surface area contributed by atoms with Crippen molar-refractivity contribution >= 4 is 16.9 Å². The number of aliphatic hydroxyl groups is 1. The number of carbonyl (C=O) groups excluding carboxylic acids is 1. The zero-order valence-electron chi connectivity index (χ0n) is 32.6. The average molecular weight is 764 g/mol. The zero-order chi connectivity index (χ0) is 39.4. The fourth-order valence-electron chi connectivity index (χ4n) is 6.64. The molecule has 1 heterocycles. The topological polar surface area (TPSA) is 114 Å². The molecule has 11 nitrogen and oxygen atoms in total. The second kappa shape index (κ2) is 19.9. The number of rotatable bonds is 18. The summed E-state index contributed by atoms with van der Waals surface area (Å²) in [6.45, 7) is 7.38. The van der Waals surface area contributed by atoms with Crippen molar-refractivity contribution in [1.29, 1.82) is 0 Å². The first-order valence-corrected chi connectivity index (χ1v) is 18.5. The van der Waals surface area contributed by atoms with Gasteiger partial charge in [-0.15, -0.1) is 0 Å². The molecule has 0 bridgehead atoms. The van der Waals surface area contributed by atoms with Gasteiger partial charge in [-0.1, -0.05) is 36.4 Å². The fraction of sp³-hybridized carbons (Fsp3) is 0.465. The number of methoxy groups -OCH3 is 3. The van der Waals surface area contributed by atoms with Gasteiger partial charge in [-0.25, -0.2) is 9.18 Å². The summed E-state index contributed by atoms with van der Waals surface area (Å²) in [7, 11) is 4.71. The molecule has 12 heteroatoms. The fourth-order valence-corrected chi connectivity index (χ4v) is 6.64. The van der Waals surface area contributed by atoms with E-state index >= 15 is 0 Å². The van der Waals surface area contributed by atoms with Crippen LogP contribution in [-0.4, -0.2) is 101 Å². The number of carbonyl (C=O) groups is 1. The van der Waals surface area contributed by atoms with E-state index in [-0.39, 0.29) is 51.3 Å². The number of halogens is 1. The molecule has 1 aliphatic heterocycles. The lowest BCUT2D eigenvalue weighted by atomic mass is 9.84. The van der Waals surface area contributed by atoms with Crippen molar-refractivity contribution in [3.05, 3.63) is 101 Å². The molecule has 0 spiro atoms. The van der Waals surface area contributed by atoms with Gasteiger partial charge in [0.15, 0.2) is 0 Å². The van der Waals surface area contributed by atoms with Gasteiger partial charge in [0.2, 0.25) is 0 Å². The van der Waals surface area contributed by atoms with E-state index in [1.165, 1.54) is 19.2 Å². The van der Waals surface area contributed by atoms with E-state index in [2.05, 4.69) is 6.07 Å². The summed E-state index contributed by atoms with van der Waals surface area (Å²) >= 11 is 0. The predicted molar refractivity (Wildman–Crippen MR) is 206 cm³/mol. The van der Waals surface area contributed by atoms with Crippen molar-refractivity contribution < 1.29 is 52.2 Å². The van der Waals surface area contributed by atoms with E-state index in [0.717, 1.165) is 27.6 Å². The Hall–Kier alpha value is -4.46. The van der Waals surface area contributed by atoms with E-state index in [1.807, 2.05) is 75.4 Å². The summed E-state index contributed by atoms with van der Waals surface area (Å²) in [5.41, 5.74) is 1.79. The Morgan fingerprint density at radius 2 is 1.58 bits per heavy atom. The molecule has 0 aliphatic carbocycles. The van der Waals surface area contributed by atoms with E-state index in [4.69, 9.17) is 37.9 Å². The second-order valence-corrected chi connectivity index (χ2v) is 14.5. The van der Waals surface area contributed by atoms with Crippen LogP contribution >= 0.6 is 0 Å². The van der Waals surface area contributed by atoms with Crippen molar-refractivity contribution in [3.63, 3.8) is 0 Å². The number of hydrogen-bond acceptors (Lipinski definition) is 10. The average Bonchev–Trinajstić information content (AvgIpc) is 3.16. The molecule has 1 N–H and O–H groups in total. The molecule has 0 aromatic heterocycles. The predicted octanol–water partition coefficient (Wildman–Crippen LogP) is 7.29. The Labute approximate surface area is 323 Å². The second-order valence-electron chi connectivity index (χ2n) is 14.5. The number of benzene rings is 4. The van der Waals surface area contributed by atoms with Gasteiger partial charge in [0, 0.05) is 30.4 Å². The molecule has 0 saturated carbocycles. The Morgan fingerprint density at radius 1 is 0.855 bits per heavy atom. The Balaban J connectivity index is 1.32. The molecule has 4 aromatic rings. The molecule has 0 unspecified atom stereocenters. The van der Waals surface area contributed by atoms with Crippen LogP contribution in [0.3, 0.4) is 0 Å². The van der Waals surface area contributed by atoms with Crippen molar-refractivity contribution in [2.45, 2.75) is 70.2 Å². The number of piperidine rings is 1. The van der Waals surface area contributed by atoms with Crippen LogP contribution in [0, 0.1) is 5.82 Å². The van der Waals surface area contributed by atoms with Crippen molar-refractivity contribution in [2.75, 3.05) is 60.8 Å². The number of fused-ring (bicyclic) bond motifs is 1. The molecule has 1 saturated heterocycles. The first-order chi connectivity index (χ1) is 26.5. The minimum atomic E-state index is -0.859. The van der Waals surface area contributed by atoms with Crippen LogP contribution in [0.4, 0.5) is 9.18 Å². The van der Waals surface area contributed by atoms with Gasteiger partial charge >= 0.3 is 6.09 Å². The van der Waals surface area contributed by atoms with Gasteiger partial charge in [0.05, 0.1) is 79.2 Å². The van der Waals surface area contributed by atoms with E-state index in [0.29, 0.717) is 36.7 Å². The van der Waals surface area contributed by atoms with Crippen LogP contribution in [0.25, 0.3) is 10.8 Å². The highest BCUT2D eigenvalue weighted by Crippen LogP contribution is 2.36. The van der Waals surface area contributed by atoms with Crippen LogP contribution < -0.4 is 14.2 Å². The lowest BCUT2D eigenvalue weighted by molar-refractivity contribution is -0.112. The maximum absolute atomic E-state index is 13.7. The number of hydrogen-bond donors (Lipinski definition) is 1. The van der Waals surface area contributed by atoms with Crippen LogP contribution in [0.15, 0.2) is 78.9 Å². The molecule has 1 amide bonds. The van der Waals surface area contributed by atoms with Crippen LogP contribution in [0.1, 0.15) is 49.8 Å². The summed E-state index contributed by atoms with van der Waals surface area (Å²) in [6, 6.07) is 24.2. The Morgan fingerprint density at radius 3 is 2.29 bits per heavy atom. The van der Waals surface area contributed by atoms with Crippen molar-refractivity contribution in [2.24, 2.45) is 0 Å². The molecular weight excluding hydrogens is 709 g/mol. The number of aliphatic hydroxyl groups excluding tert-OH is 1. The summed E-state index contributed by atoms with van der Waals surface area (Å²) in [6.07, 6.45) is -1.77. The third kappa shape index (κ3) is 12.0. The van der Waals surface area contributed by atoms with Gasteiger partial charge in [-0.3, -0.25) is 0 Å². The molecule has 4 aromatic carbocycles. The Kier molecular flexibility index (Phi) is 15.1. The minimum absolute atomic E-state index is 0.00101. The molecule has 4 atom stereocenters. The quantitative estimate of drug-likeness (QED) is 0.104. The third-order valence-corrected chi connectivity index (χ3v) is 9.15. The molecule has 0 radical (unpaired) electrons. The SMILES string of the molecule is COC[C@@H](O)CO[C@@H]1CN(C(=O)OC(C)(C)C)C[C@H](OCc2cc(OC)c3ccccc3c2)[C@H]1c1ccc(OCCCOCc2cc(F)ccc2OC)cc1. The maximum Gasteiger partial charge on any atom is 0.410 e. The Bertz CT molecular complexity index is 1810. The smallest absolute Gasteiger partial charge is 0.410 e. The molecule has 55 heavy (non-hydrogen) atoms. The first kappa shape index (κ1) is 41.7. The molecule has 5 rings (SSSR count).